The van der Waals surface area contributed by atoms with Crippen LogP contribution in [0.3, 0.4) is 0 Å². The van der Waals surface area contributed by atoms with Gasteiger partial charge >= 0.3 is 5.97 Å². The summed E-state index contributed by atoms with van der Waals surface area (Å²) in [5, 5.41) is 36.2. The van der Waals surface area contributed by atoms with Crippen molar-refractivity contribution in [1.29, 1.82) is 0 Å². The average molecular weight is 399 g/mol. The minimum atomic E-state index is -3.27. The molecule has 0 aliphatic heterocycles. The Labute approximate surface area is 161 Å². The van der Waals surface area contributed by atoms with E-state index < -0.39 is 23.3 Å². The number of hydrogen-bond donors (Lipinski definition) is 3. The quantitative estimate of drug-likeness (QED) is 0.437. The third-order valence-electron chi connectivity index (χ3n) is 3.80. The van der Waals surface area contributed by atoms with Gasteiger partial charge in [-0.05, 0) is 35.9 Å². The van der Waals surface area contributed by atoms with Crippen molar-refractivity contribution in [3.63, 3.8) is 0 Å². The molecule has 0 spiro atoms. The normalized spacial score (nSPS) is 11.6. The highest BCUT2D eigenvalue weighted by atomic mass is 19.1. The van der Waals surface area contributed by atoms with Gasteiger partial charge in [0.2, 0.25) is 0 Å². The van der Waals surface area contributed by atoms with E-state index in [1.807, 2.05) is 0 Å². The Kier molecular flexibility index (Phi) is 4.54. The Bertz CT molecular complexity index is 1180. The molecule has 29 heavy (non-hydrogen) atoms. The summed E-state index contributed by atoms with van der Waals surface area (Å²) in [7, 11) is 0. The number of aromatic nitrogens is 5. The van der Waals surface area contributed by atoms with Gasteiger partial charge in [-0.2, -0.15) is 0 Å². The summed E-state index contributed by atoms with van der Waals surface area (Å²) in [6, 6.07) is 6.20. The predicted octanol–water partition coefficient (Wildman–Crippen LogP) is 1.62. The largest absolute Gasteiger partial charge is 0.413 e. The fourth-order valence-corrected chi connectivity index (χ4v) is 2.48. The van der Waals surface area contributed by atoms with Crippen LogP contribution in [-0.2, 0) is 5.97 Å². The Morgan fingerprint density at radius 1 is 0.793 bits per heavy atom. The van der Waals surface area contributed by atoms with Crippen LogP contribution < -0.4 is 0 Å². The Balaban J connectivity index is 1.81. The lowest BCUT2D eigenvalue weighted by atomic mass is 10.1. The first-order valence-corrected chi connectivity index (χ1v) is 8.06. The van der Waals surface area contributed by atoms with Crippen LogP contribution in [0.25, 0.3) is 34.3 Å². The van der Waals surface area contributed by atoms with Crippen molar-refractivity contribution in [3.8, 4) is 34.3 Å². The summed E-state index contributed by atoms with van der Waals surface area (Å²) < 4.78 is 32.0. The van der Waals surface area contributed by atoms with Gasteiger partial charge in [-0.1, -0.05) is 0 Å². The van der Waals surface area contributed by atoms with E-state index in [1.54, 1.807) is 0 Å². The summed E-state index contributed by atoms with van der Waals surface area (Å²) in [6.07, 6.45) is 3.31. The molecule has 0 fully saturated rings. The second-order valence-corrected chi connectivity index (χ2v) is 5.93. The Hall–Kier alpha value is -3.67. The van der Waals surface area contributed by atoms with Crippen LogP contribution in [0.4, 0.5) is 8.78 Å². The second kappa shape index (κ2) is 7.05. The van der Waals surface area contributed by atoms with E-state index in [0.717, 1.165) is 30.6 Å². The maximum atomic E-state index is 13.5. The first kappa shape index (κ1) is 18.7. The van der Waals surface area contributed by atoms with Crippen LogP contribution in [0.15, 0.2) is 53.3 Å². The standard InChI is InChI=1S/C18H11F2N5O4/c19-11-1-2-13(22-8-11)16-24-25-17(29-16)14-4-9(5-15(23-14)18(26,27)28)10-3-12(20)7-21-6-10/h1-8,26-28H. The number of nitrogens with zero attached hydrogens (tertiary/aromatic N) is 5. The van der Waals surface area contributed by atoms with E-state index in [9.17, 15) is 24.1 Å². The van der Waals surface area contributed by atoms with Gasteiger partial charge in [0.15, 0.2) is 0 Å². The van der Waals surface area contributed by atoms with Crippen LogP contribution in [0.5, 0.6) is 0 Å². The molecule has 4 aromatic heterocycles. The minimum Gasteiger partial charge on any atom is -0.413 e. The summed E-state index contributed by atoms with van der Waals surface area (Å²) >= 11 is 0. The molecule has 0 amide bonds. The minimum absolute atomic E-state index is 0.0376. The third-order valence-corrected chi connectivity index (χ3v) is 3.80. The zero-order chi connectivity index (χ0) is 20.6. The van der Waals surface area contributed by atoms with Crippen molar-refractivity contribution >= 4 is 0 Å². The highest BCUT2D eigenvalue weighted by molar-refractivity contribution is 5.68. The first-order valence-electron chi connectivity index (χ1n) is 8.06. The molecule has 146 valence electrons. The lowest BCUT2D eigenvalue weighted by molar-refractivity contribution is -0.326. The summed E-state index contributed by atoms with van der Waals surface area (Å²) in [5.74, 6) is -4.62. The Morgan fingerprint density at radius 2 is 1.55 bits per heavy atom. The summed E-state index contributed by atoms with van der Waals surface area (Å²) in [6.45, 7) is 0. The van der Waals surface area contributed by atoms with E-state index in [1.165, 1.54) is 18.3 Å². The molecule has 0 aromatic carbocycles. The monoisotopic (exact) mass is 399 g/mol. The van der Waals surface area contributed by atoms with Gasteiger partial charge in [-0.3, -0.25) is 4.98 Å². The van der Waals surface area contributed by atoms with Crippen molar-refractivity contribution in [2.45, 2.75) is 5.97 Å². The molecule has 0 aliphatic carbocycles. The number of pyridine rings is 3. The highest BCUT2D eigenvalue weighted by Crippen LogP contribution is 2.29. The molecular weight excluding hydrogens is 388 g/mol. The molecule has 0 saturated heterocycles. The molecule has 4 rings (SSSR count). The van der Waals surface area contributed by atoms with E-state index in [-0.39, 0.29) is 34.3 Å². The molecule has 9 nitrogen and oxygen atoms in total. The molecule has 0 atom stereocenters. The van der Waals surface area contributed by atoms with Crippen LogP contribution in [-0.4, -0.2) is 40.5 Å². The van der Waals surface area contributed by atoms with Gasteiger partial charge in [0.25, 0.3) is 11.8 Å². The number of aliphatic hydroxyl groups is 3. The third kappa shape index (κ3) is 3.96. The molecule has 0 unspecified atom stereocenters. The first-order chi connectivity index (χ1) is 13.8. The van der Waals surface area contributed by atoms with Crippen LogP contribution in [0, 0.1) is 11.6 Å². The molecule has 0 saturated carbocycles. The molecule has 0 radical (unpaired) electrons. The van der Waals surface area contributed by atoms with Crippen molar-refractivity contribution in [3.05, 3.63) is 66.3 Å². The van der Waals surface area contributed by atoms with Gasteiger partial charge in [0.1, 0.15) is 28.7 Å². The topological polar surface area (TPSA) is 138 Å². The second-order valence-electron chi connectivity index (χ2n) is 5.93. The van der Waals surface area contributed by atoms with Crippen LogP contribution >= 0.6 is 0 Å². The van der Waals surface area contributed by atoms with Crippen molar-refractivity contribution in [2.75, 3.05) is 0 Å². The zero-order valence-electron chi connectivity index (χ0n) is 14.4. The van der Waals surface area contributed by atoms with Crippen LogP contribution in [0.1, 0.15) is 5.69 Å². The maximum absolute atomic E-state index is 13.5. The zero-order valence-corrected chi connectivity index (χ0v) is 14.4. The smallest absolute Gasteiger partial charge is 0.322 e. The number of halogens is 2. The lowest BCUT2D eigenvalue weighted by Crippen LogP contribution is -2.25. The molecule has 0 bridgehead atoms. The number of rotatable bonds is 4. The van der Waals surface area contributed by atoms with Gasteiger partial charge in [-0.25, -0.2) is 18.7 Å². The molecule has 4 heterocycles. The van der Waals surface area contributed by atoms with Crippen molar-refractivity contribution in [2.24, 2.45) is 0 Å². The van der Waals surface area contributed by atoms with Gasteiger partial charge in [0.05, 0.1) is 12.4 Å². The van der Waals surface area contributed by atoms with Gasteiger partial charge < -0.3 is 19.7 Å². The van der Waals surface area contributed by atoms with Crippen molar-refractivity contribution < 1.29 is 28.5 Å². The molecule has 0 aliphatic rings. The average Bonchev–Trinajstić information content (AvgIpc) is 3.18. The summed E-state index contributed by atoms with van der Waals surface area (Å²) in [4.78, 5) is 11.5. The molecular formula is C18H11F2N5O4. The van der Waals surface area contributed by atoms with E-state index in [2.05, 4.69) is 25.1 Å². The molecule has 4 aromatic rings. The van der Waals surface area contributed by atoms with E-state index in [4.69, 9.17) is 4.42 Å². The van der Waals surface area contributed by atoms with Gasteiger partial charge in [0, 0.05) is 11.8 Å². The fourth-order valence-electron chi connectivity index (χ4n) is 2.48. The highest BCUT2D eigenvalue weighted by Gasteiger charge is 2.26. The SMILES string of the molecule is OC(O)(O)c1cc(-c2cncc(F)c2)cc(-c2nnc(-c3ccc(F)cn3)o2)n1. The van der Waals surface area contributed by atoms with Gasteiger partial charge in [-0.15, -0.1) is 10.2 Å². The molecule has 3 N–H and O–H groups in total. The predicted molar refractivity (Wildman–Crippen MR) is 92.2 cm³/mol. The van der Waals surface area contributed by atoms with E-state index in [0.29, 0.717) is 0 Å². The van der Waals surface area contributed by atoms with Crippen molar-refractivity contribution in [1.82, 2.24) is 25.1 Å². The fraction of sp³-hybridized carbons (Fsp3) is 0.0556. The molecule has 11 heteroatoms. The Morgan fingerprint density at radius 3 is 2.21 bits per heavy atom. The maximum Gasteiger partial charge on any atom is 0.322 e. The number of hydrogen-bond acceptors (Lipinski definition) is 9. The summed E-state index contributed by atoms with van der Waals surface area (Å²) in [5.41, 5.74) is 0.131. The van der Waals surface area contributed by atoms with E-state index >= 15 is 0 Å². The lowest BCUT2D eigenvalue weighted by Gasteiger charge is -2.15. The van der Waals surface area contributed by atoms with Crippen LogP contribution in [0.2, 0.25) is 0 Å².